The van der Waals surface area contributed by atoms with E-state index in [1.165, 1.54) is 0 Å². The zero-order chi connectivity index (χ0) is 10.6. The van der Waals surface area contributed by atoms with Crippen LogP contribution in [0.3, 0.4) is 0 Å². The fraction of sp³-hybridized carbons (Fsp3) is 0.500. The molecule has 0 rings (SSSR count). The summed E-state index contributed by atoms with van der Waals surface area (Å²) in [5.74, 6) is -5.28. The molecule has 0 aromatic rings. The maximum absolute atomic E-state index is 10.3. The number of carboxylic acid groups (broad SMARTS) is 3. The van der Waals surface area contributed by atoms with Gasteiger partial charge in [0.1, 0.15) is 11.5 Å². The number of aliphatic carboxylic acids is 3. The highest BCUT2D eigenvalue weighted by Gasteiger charge is 2.31. The lowest BCUT2D eigenvalue weighted by Crippen LogP contribution is -2.81. The van der Waals surface area contributed by atoms with E-state index in [9.17, 15) is 29.7 Å². The number of carboxylic acids is 3. The minimum Gasteiger partial charge on any atom is -0.550 e. The first kappa shape index (κ1) is 11.4. The van der Waals surface area contributed by atoms with Gasteiger partial charge in [-0.3, -0.25) is 0 Å². The summed E-state index contributed by atoms with van der Waals surface area (Å²) in [6.45, 7) is 0. The summed E-state index contributed by atoms with van der Waals surface area (Å²) in [5, 5.41) is 30.4. The molecule has 3 N–H and O–H groups in total. The molecule has 0 saturated carbocycles. The second kappa shape index (κ2) is 3.85. The molecule has 0 bridgehead atoms. The van der Waals surface area contributed by atoms with Crippen molar-refractivity contribution in [3.8, 4) is 0 Å². The van der Waals surface area contributed by atoms with Gasteiger partial charge in [0, 0.05) is 24.8 Å². The number of hydrogen-bond acceptors (Lipinski definition) is 6. The maximum atomic E-state index is 10.3. The van der Waals surface area contributed by atoms with Gasteiger partial charge in [-0.15, -0.1) is 0 Å². The van der Waals surface area contributed by atoms with Crippen molar-refractivity contribution in [2.45, 2.75) is 18.4 Å². The molecule has 7 nitrogen and oxygen atoms in total. The van der Waals surface area contributed by atoms with Gasteiger partial charge in [-0.2, -0.15) is 0 Å². The largest absolute Gasteiger partial charge is 0.550 e. The van der Waals surface area contributed by atoms with Crippen LogP contribution in [0.4, 0.5) is 0 Å². The van der Waals surface area contributed by atoms with Crippen molar-refractivity contribution >= 4 is 17.9 Å². The molecule has 74 valence electrons. The van der Waals surface area contributed by atoms with Crippen LogP contribution in [0, 0.1) is 0 Å². The monoisotopic (exact) mass is 189 g/mol. The van der Waals surface area contributed by atoms with Crippen molar-refractivity contribution in [1.29, 1.82) is 0 Å². The standard InChI is InChI=1S/C6H9NO6/c7-6(5(12)13,1-3(8)9)2-4(10)11/h1-2,7H2,(H,8,9)(H,10,11)(H,12,13)/p-2. The SMILES string of the molecule is [NH3+]C(CC(=O)[O-])(CC(=O)[O-])C(=O)[O-]. The first-order valence-electron chi connectivity index (χ1n) is 3.24. The number of carbonyl (C=O) groups is 3. The van der Waals surface area contributed by atoms with E-state index in [-0.39, 0.29) is 0 Å². The van der Waals surface area contributed by atoms with Crippen molar-refractivity contribution in [2.75, 3.05) is 0 Å². The molecule has 0 unspecified atom stereocenters. The molecule has 7 heteroatoms. The average molecular weight is 189 g/mol. The van der Waals surface area contributed by atoms with Crippen LogP contribution in [0.5, 0.6) is 0 Å². The lowest BCUT2D eigenvalue weighted by molar-refractivity contribution is -0.490. The highest BCUT2D eigenvalue weighted by Crippen LogP contribution is 2.06. The summed E-state index contributed by atoms with van der Waals surface area (Å²) in [5.41, 5.74) is 0.721. The summed E-state index contributed by atoms with van der Waals surface area (Å²) in [7, 11) is 0. The van der Waals surface area contributed by atoms with E-state index < -0.39 is 36.3 Å². The van der Waals surface area contributed by atoms with Crippen molar-refractivity contribution in [3.05, 3.63) is 0 Å². The first-order valence-corrected chi connectivity index (χ1v) is 3.24. The van der Waals surface area contributed by atoms with Crippen LogP contribution in [0.1, 0.15) is 12.8 Å². The molecule has 0 amide bonds. The van der Waals surface area contributed by atoms with E-state index in [1.54, 1.807) is 0 Å². The van der Waals surface area contributed by atoms with Gasteiger partial charge in [-0.1, -0.05) is 0 Å². The fourth-order valence-electron chi connectivity index (χ4n) is 0.759. The van der Waals surface area contributed by atoms with Gasteiger partial charge in [-0.25, -0.2) is 0 Å². The Bertz CT molecular complexity index is 232. The zero-order valence-corrected chi connectivity index (χ0v) is 6.57. The molecule has 13 heavy (non-hydrogen) atoms. The van der Waals surface area contributed by atoms with Crippen molar-refractivity contribution in [1.82, 2.24) is 0 Å². The van der Waals surface area contributed by atoms with Crippen LogP contribution < -0.4 is 21.1 Å². The Labute approximate surface area is 72.8 Å². The number of rotatable bonds is 5. The molecule has 0 fully saturated rings. The molecule has 0 aromatic heterocycles. The van der Waals surface area contributed by atoms with Crippen LogP contribution in [0.2, 0.25) is 0 Å². The quantitative estimate of drug-likeness (QED) is 0.455. The summed E-state index contributed by atoms with van der Waals surface area (Å²) in [6.07, 6.45) is -2.05. The average Bonchev–Trinajstić information content (AvgIpc) is 1.82. The van der Waals surface area contributed by atoms with Gasteiger partial charge >= 0.3 is 0 Å². The van der Waals surface area contributed by atoms with E-state index in [2.05, 4.69) is 5.73 Å². The second-order valence-corrected chi connectivity index (χ2v) is 2.67. The van der Waals surface area contributed by atoms with E-state index in [1.807, 2.05) is 0 Å². The molecule has 0 heterocycles. The van der Waals surface area contributed by atoms with Gasteiger partial charge in [-0.05, 0) is 0 Å². The first-order chi connectivity index (χ1) is 5.78. The highest BCUT2D eigenvalue weighted by molar-refractivity contribution is 5.85. The number of quaternary nitrogens is 1. The topological polar surface area (TPSA) is 148 Å². The fourth-order valence-corrected chi connectivity index (χ4v) is 0.759. The van der Waals surface area contributed by atoms with Gasteiger partial charge in [0.2, 0.25) is 0 Å². The predicted octanol–water partition coefficient (Wildman–Crippen LogP) is -6.00. The minimum atomic E-state index is -2.22. The Morgan fingerprint density at radius 3 is 1.46 bits per heavy atom. The Balaban J connectivity index is 4.62. The molecular weight excluding hydrogens is 182 g/mol. The van der Waals surface area contributed by atoms with E-state index in [0.717, 1.165) is 0 Å². The lowest BCUT2D eigenvalue weighted by Gasteiger charge is -2.27. The molecular formula is C6H7NO6-2. The van der Waals surface area contributed by atoms with Crippen LogP contribution in [0.25, 0.3) is 0 Å². The molecule has 0 spiro atoms. The lowest BCUT2D eigenvalue weighted by atomic mass is 9.93. The molecule has 0 aromatic carbocycles. The van der Waals surface area contributed by atoms with Crippen LogP contribution in [-0.4, -0.2) is 23.4 Å². The minimum absolute atomic E-state index is 1.02. The van der Waals surface area contributed by atoms with Crippen LogP contribution >= 0.6 is 0 Å². The molecule has 0 saturated heterocycles. The van der Waals surface area contributed by atoms with Crippen molar-refractivity contribution in [3.63, 3.8) is 0 Å². The molecule has 0 atom stereocenters. The highest BCUT2D eigenvalue weighted by atomic mass is 16.4. The van der Waals surface area contributed by atoms with E-state index >= 15 is 0 Å². The predicted molar refractivity (Wildman–Crippen MR) is 29.9 cm³/mol. The third kappa shape index (κ3) is 3.52. The Morgan fingerprint density at radius 2 is 1.31 bits per heavy atom. The normalized spacial score (nSPS) is 10.8. The van der Waals surface area contributed by atoms with Gasteiger partial charge in [0.25, 0.3) is 0 Å². The van der Waals surface area contributed by atoms with Gasteiger partial charge in [0.15, 0.2) is 0 Å². The van der Waals surface area contributed by atoms with Gasteiger partial charge < -0.3 is 35.4 Å². The van der Waals surface area contributed by atoms with E-state index in [0.29, 0.717) is 0 Å². The Kier molecular flexibility index (Phi) is 3.37. The summed E-state index contributed by atoms with van der Waals surface area (Å²) in [6, 6.07) is 0. The molecule has 0 aliphatic rings. The third-order valence-corrected chi connectivity index (χ3v) is 1.40. The zero-order valence-electron chi connectivity index (χ0n) is 6.57. The van der Waals surface area contributed by atoms with Crippen molar-refractivity contribution in [2.24, 2.45) is 0 Å². The summed E-state index contributed by atoms with van der Waals surface area (Å²) in [4.78, 5) is 30.4. The summed E-state index contributed by atoms with van der Waals surface area (Å²) >= 11 is 0. The van der Waals surface area contributed by atoms with Crippen LogP contribution in [0.15, 0.2) is 0 Å². The smallest absolute Gasteiger partial charge is 0.145 e. The van der Waals surface area contributed by atoms with Gasteiger partial charge in [0.05, 0.1) is 0 Å². The van der Waals surface area contributed by atoms with Crippen molar-refractivity contribution < 1.29 is 35.4 Å². The van der Waals surface area contributed by atoms with E-state index in [4.69, 9.17) is 0 Å². The molecule has 0 aliphatic carbocycles. The number of carbonyl (C=O) groups excluding carboxylic acids is 3. The maximum Gasteiger partial charge on any atom is 0.145 e. The molecule has 0 radical (unpaired) electrons. The second-order valence-electron chi connectivity index (χ2n) is 2.67. The Morgan fingerprint density at radius 1 is 1.00 bits per heavy atom. The summed E-state index contributed by atoms with van der Waals surface area (Å²) < 4.78 is 0. The third-order valence-electron chi connectivity index (χ3n) is 1.40. The Hall–Kier alpha value is -1.63. The number of hydrogen-bond donors (Lipinski definition) is 1. The van der Waals surface area contributed by atoms with Crippen LogP contribution in [-0.2, 0) is 14.4 Å². The molecule has 0 aliphatic heterocycles.